The van der Waals surface area contributed by atoms with Crippen LogP contribution in [0.4, 0.5) is 0 Å². The van der Waals surface area contributed by atoms with Crippen molar-refractivity contribution in [3.8, 4) is 0 Å². The summed E-state index contributed by atoms with van der Waals surface area (Å²) in [6.07, 6.45) is 0.399. The smallest absolute Gasteiger partial charge is 0.310 e. The van der Waals surface area contributed by atoms with Gasteiger partial charge in [-0.25, -0.2) is 8.42 Å². The van der Waals surface area contributed by atoms with Gasteiger partial charge in [0.25, 0.3) is 0 Å². The highest BCUT2D eigenvalue weighted by Gasteiger charge is 2.61. The molecule has 0 amide bonds. The Morgan fingerprint density at radius 2 is 2.07 bits per heavy atom. The van der Waals surface area contributed by atoms with Crippen molar-refractivity contribution in [3.05, 3.63) is 0 Å². The highest BCUT2D eigenvalue weighted by molar-refractivity contribution is 7.93. The molecule has 2 rings (SSSR count). The van der Waals surface area contributed by atoms with E-state index in [4.69, 9.17) is 0 Å². The molecule has 0 aromatic heterocycles. The average Bonchev–Trinajstić information content (AvgIpc) is 2.34. The fourth-order valence-electron chi connectivity index (χ4n) is 2.27. The number of ether oxygens (including phenoxy) is 1. The summed E-state index contributed by atoms with van der Waals surface area (Å²) in [4.78, 5) is 11.4. The minimum absolute atomic E-state index is 0. The first-order chi connectivity index (χ1) is 6.53. The molecule has 2 saturated heterocycles. The van der Waals surface area contributed by atoms with Gasteiger partial charge in [-0.05, 0) is 6.42 Å². The summed E-state index contributed by atoms with van der Waals surface area (Å²) >= 11 is 0. The maximum atomic E-state index is 11.7. The van der Waals surface area contributed by atoms with Gasteiger partial charge in [0.15, 0.2) is 9.84 Å². The van der Waals surface area contributed by atoms with E-state index in [1.54, 1.807) is 0 Å². The summed E-state index contributed by atoms with van der Waals surface area (Å²) in [5.74, 6) is -0.764. The Morgan fingerprint density at radius 3 is 2.47 bits per heavy atom. The van der Waals surface area contributed by atoms with Gasteiger partial charge in [-0.1, -0.05) is 0 Å². The molecule has 5 nitrogen and oxygen atoms in total. The van der Waals surface area contributed by atoms with Crippen LogP contribution in [-0.2, 0) is 19.4 Å². The van der Waals surface area contributed by atoms with E-state index in [1.165, 1.54) is 7.11 Å². The number of halogens is 1. The van der Waals surface area contributed by atoms with Crippen LogP contribution in [0.1, 0.15) is 6.42 Å². The van der Waals surface area contributed by atoms with E-state index in [-0.39, 0.29) is 18.2 Å². The molecule has 2 heterocycles. The second kappa shape index (κ2) is 3.92. The van der Waals surface area contributed by atoms with Crippen LogP contribution in [-0.4, -0.2) is 45.1 Å². The molecule has 2 aliphatic rings. The summed E-state index contributed by atoms with van der Waals surface area (Å²) in [7, 11) is -1.82. The van der Waals surface area contributed by atoms with Gasteiger partial charge < -0.3 is 10.1 Å². The monoisotopic (exact) mass is 255 g/mol. The Kier molecular flexibility index (Phi) is 3.33. The maximum Gasteiger partial charge on any atom is 0.310 e. The van der Waals surface area contributed by atoms with E-state index in [1.807, 2.05) is 0 Å². The number of sulfone groups is 1. The predicted octanol–water partition coefficient (Wildman–Crippen LogP) is -0.642. The Bertz CT molecular complexity index is 363. The summed E-state index contributed by atoms with van der Waals surface area (Å²) < 4.78 is 27.3. The zero-order chi connectivity index (χ0) is 10.4. The minimum Gasteiger partial charge on any atom is -0.469 e. The van der Waals surface area contributed by atoms with Crippen LogP contribution in [0.5, 0.6) is 0 Å². The van der Waals surface area contributed by atoms with Gasteiger partial charge in [0.05, 0.1) is 18.8 Å². The number of hydrogen-bond acceptors (Lipinski definition) is 5. The number of carbonyl (C=O) groups is 1. The highest BCUT2D eigenvalue weighted by atomic mass is 35.5. The maximum absolute atomic E-state index is 11.7. The van der Waals surface area contributed by atoms with Crippen molar-refractivity contribution < 1.29 is 17.9 Å². The van der Waals surface area contributed by atoms with Crippen molar-refractivity contribution >= 4 is 28.2 Å². The van der Waals surface area contributed by atoms with Crippen molar-refractivity contribution in [1.82, 2.24) is 5.32 Å². The number of carbonyl (C=O) groups excluding carboxylic acids is 1. The first-order valence-electron chi connectivity index (χ1n) is 4.54. The Morgan fingerprint density at radius 1 is 1.47 bits per heavy atom. The number of nitrogens with one attached hydrogen (secondary N) is 1. The summed E-state index contributed by atoms with van der Waals surface area (Å²) in [6.45, 7) is 0.768. The van der Waals surface area contributed by atoms with Gasteiger partial charge in [0, 0.05) is 13.1 Å². The fourth-order valence-corrected chi connectivity index (χ4v) is 4.51. The van der Waals surface area contributed by atoms with Crippen LogP contribution < -0.4 is 5.32 Å². The first kappa shape index (κ1) is 12.7. The van der Waals surface area contributed by atoms with E-state index in [0.717, 1.165) is 0 Å². The molecule has 1 N–H and O–H groups in total. The van der Waals surface area contributed by atoms with Crippen LogP contribution in [0.15, 0.2) is 0 Å². The third kappa shape index (κ3) is 1.55. The summed E-state index contributed by atoms with van der Waals surface area (Å²) in [5.41, 5.74) is 0. The third-order valence-electron chi connectivity index (χ3n) is 3.26. The SMILES string of the molecule is COC(=O)C1CCS(=O)(=O)C12CNC2.Cl. The lowest BCUT2D eigenvalue weighted by atomic mass is 9.85. The molecule has 0 aromatic carbocycles. The first-order valence-corrected chi connectivity index (χ1v) is 6.19. The molecular weight excluding hydrogens is 242 g/mol. The number of esters is 1. The normalized spacial score (nSPS) is 30.3. The second-order valence-corrected chi connectivity index (χ2v) is 6.30. The summed E-state index contributed by atoms with van der Waals surface area (Å²) in [6, 6.07) is 0. The standard InChI is InChI=1S/C8H13NO4S.ClH/c1-13-7(10)6-2-3-14(11,12)8(6)4-9-5-8;/h6,9H,2-5H2,1H3;1H. The molecule has 1 unspecified atom stereocenters. The lowest BCUT2D eigenvalue weighted by Gasteiger charge is -2.41. The quantitative estimate of drug-likeness (QED) is 0.631. The molecule has 2 fully saturated rings. The third-order valence-corrected chi connectivity index (χ3v) is 5.85. The molecule has 7 heteroatoms. The topological polar surface area (TPSA) is 72.5 Å². The molecule has 88 valence electrons. The molecular formula is C8H14ClNO4S. The van der Waals surface area contributed by atoms with Crippen LogP contribution in [0.25, 0.3) is 0 Å². The number of methoxy groups -OCH3 is 1. The Labute approximate surface area is 94.9 Å². The zero-order valence-electron chi connectivity index (χ0n) is 8.36. The molecule has 0 aliphatic carbocycles. The number of rotatable bonds is 1. The van der Waals surface area contributed by atoms with Gasteiger partial charge in [-0.2, -0.15) is 0 Å². The largest absolute Gasteiger partial charge is 0.469 e. The fraction of sp³-hybridized carbons (Fsp3) is 0.875. The van der Waals surface area contributed by atoms with E-state index in [0.29, 0.717) is 19.5 Å². The van der Waals surface area contributed by atoms with Crippen molar-refractivity contribution in [2.75, 3.05) is 26.0 Å². The van der Waals surface area contributed by atoms with Crippen LogP contribution in [0.3, 0.4) is 0 Å². The van der Waals surface area contributed by atoms with Gasteiger partial charge in [0.1, 0.15) is 4.75 Å². The Balaban J connectivity index is 0.00000112. The van der Waals surface area contributed by atoms with Gasteiger partial charge >= 0.3 is 5.97 Å². The summed E-state index contributed by atoms with van der Waals surface area (Å²) in [5, 5.41) is 2.92. The van der Waals surface area contributed by atoms with E-state index >= 15 is 0 Å². The van der Waals surface area contributed by atoms with Crippen molar-refractivity contribution in [1.29, 1.82) is 0 Å². The van der Waals surface area contributed by atoms with Gasteiger partial charge in [-0.3, -0.25) is 4.79 Å². The van der Waals surface area contributed by atoms with Crippen LogP contribution in [0, 0.1) is 5.92 Å². The van der Waals surface area contributed by atoms with Gasteiger partial charge in [0.2, 0.25) is 0 Å². The van der Waals surface area contributed by atoms with Crippen molar-refractivity contribution in [3.63, 3.8) is 0 Å². The minimum atomic E-state index is -3.12. The lowest BCUT2D eigenvalue weighted by Crippen LogP contribution is -2.66. The van der Waals surface area contributed by atoms with E-state index in [9.17, 15) is 13.2 Å². The zero-order valence-corrected chi connectivity index (χ0v) is 9.99. The van der Waals surface area contributed by atoms with Crippen LogP contribution in [0.2, 0.25) is 0 Å². The molecule has 0 radical (unpaired) electrons. The van der Waals surface area contributed by atoms with Crippen LogP contribution >= 0.6 is 12.4 Å². The average molecular weight is 256 g/mol. The van der Waals surface area contributed by atoms with E-state index in [2.05, 4.69) is 10.1 Å². The lowest BCUT2D eigenvalue weighted by molar-refractivity contribution is -0.147. The molecule has 0 saturated carbocycles. The molecule has 0 bridgehead atoms. The van der Waals surface area contributed by atoms with E-state index < -0.39 is 26.5 Å². The highest BCUT2D eigenvalue weighted by Crippen LogP contribution is 2.41. The molecule has 15 heavy (non-hydrogen) atoms. The van der Waals surface area contributed by atoms with Crippen molar-refractivity contribution in [2.24, 2.45) is 5.92 Å². The number of hydrogen-bond donors (Lipinski definition) is 1. The predicted molar refractivity (Wildman–Crippen MR) is 56.8 cm³/mol. The molecule has 1 spiro atoms. The molecule has 2 aliphatic heterocycles. The second-order valence-electron chi connectivity index (χ2n) is 3.85. The molecule has 1 atom stereocenters. The Hall–Kier alpha value is -0.330. The van der Waals surface area contributed by atoms with Crippen molar-refractivity contribution in [2.45, 2.75) is 11.2 Å². The van der Waals surface area contributed by atoms with Gasteiger partial charge in [-0.15, -0.1) is 12.4 Å². The molecule has 0 aromatic rings.